The Hall–Kier alpha value is -3.79. The van der Waals surface area contributed by atoms with Crippen molar-refractivity contribution in [2.45, 2.75) is 6.42 Å². The Morgan fingerprint density at radius 2 is 1.76 bits per heavy atom. The number of nitrogens with zero attached hydrogens (tertiary/aromatic N) is 3. The zero-order valence-corrected chi connectivity index (χ0v) is 22.4. The lowest BCUT2D eigenvalue weighted by atomic mass is 10.1. The van der Waals surface area contributed by atoms with Gasteiger partial charge in [0, 0.05) is 54.5 Å². The molecule has 0 atom stereocenters. The Morgan fingerprint density at radius 3 is 2.43 bits per heavy atom. The van der Waals surface area contributed by atoms with Gasteiger partial charge in [-0.25, -0.2) is 0 Å². The van der Waals surface area contributed by atoms with Crippen LogP contribution >= 0.6 is 15.9 Å². The number of hydrogen-bond acceptors (Lipinski definition) is 7. The fraction of sp³-hybridized carbons (Fsp3) is 0.296. The van der Waals surface area contributed by atoms with Crippen LogP contribution in [0.4, 0.5) is 17.1 Å². The Bertz CT molecular complexity index is 1280. The second-order valence-corrected chi connectivity index (χ2v) is 9.53. The average Bonchev–Trinajstić information content (AvgIpc) is 2.92. The fourth-order valence-corrected chi connectivity index (χ4v) is 4.77. The monoisotopic (exact) mass is 568 g/mol. The van der Waals surface area contributed by atoms with Crippen LogP contribution in [0.15, 0.2) is 65.1 Å². The minimum atomic E-state index is -0.378. The lowest BCUT2D eigenvalue weighted by Gasteiger charge is -2.36. The predicted molar refractivity (Wildman–Crippen MR) is 147 cm³/mol. The summed E-state index contributed by atoms with van der Waals surface area (Å²) in [6, 6.07) is 18.2. The summed E-state index contributed by atoms with van der Waals surface area (Å²) in [7, 11) is 3.18. The summed E-state index contributed by atoms with van der Waals surface area (Å²) in [5.41, 5.74) is 3.05. The van der Waals surface area contributed by atoms with Crippen LogP contribution in [0.5, 0.6) is 11.5 Å². The first-order valence-corrected chi connectivity index (χ1v) is 12.7. The lowest BCUT2D eigenvalue weighted by Crippen LogP contribution is -2.48. The molecule has 3 aromatic carbocycles. The quantitative estimate of drug-likeness (QED) is 0.287. The second-order valence-electron chi connectivity index (χ2n) is 8.61. The number of nitro groups is 1. The van der Waals surface area contributed by atoms with Crippen LogP contribution in [0, 0.1) is 10.1 Å². The van der Waals surface area contributed by atoms with Crippen LogP contribution in [-0.4, -0.2) is 62.7 Å². The Balaban J connectivity index is 1.40. The Morgan fingerprint density at radius 1 is 1.00 bits per heavy atom. The molecule has 1 aliphatic rings. The van der Waals surface area contributed by atoms with E-state index in [-0.39, 0.29) is 16.5 Å². The molecule has 0 radical (unpaired) electrons. The number of halogens is 1. The van der Waals surface area contributed by atoms with Crippen molar-refractivity contribution in [3.05, 3.63) is 86.4 Å². The van der Waals surface area contributed by atoms with Crippen molar-refractivity contribution < 1.29 is 19.2 Å². The van der Waals surface area contributed by atoms with E-state index < -0.39 is 0 Å². The van der Waals surface area contributed by atoms with Crippen molar-refractivity contribution in [2.75, 3.05) is 57.2 Å². The molecule has 1 heterocycles. The van der Waals surface area contributed by atoms with Crippen molar-refractivity contribution >= 4 is 38.9 Å². The number of carbonyl (C=O) groups is 1. The third-order valence-electron chi connectivity index (χ3n) is 6.36. The van der Waals surface area contributed by atoms with Gasteiger partial charge in [0.15, 0.2) is 11.5 Å². The number of rotatable bonds is 9. The van der Waals surface area contributed by atoms with Gasteiger partial charge in [-0.1, -0.05) is 28.1 Å². The molecule has 1 N–H and O–H groups in total. The van der Waals surface area contributed by atoms with E-state index in [0.717, 1.165) is 15.7 Å². The van der Waals surface area contributed by atoms with E-state index in [0.29, 0.717) is 61.9 Å². The van der Waals surface area contributed by atoms with Crippen LogP contribution in [0.1, 0.15) is 15.9 Å². The molecule has 0 saturated carbocycles. The number of hydrogen-bond donors (Lipinski definition) is 1. The van der Waals surface area contributed by atoms with Gasteiger partial charge < -0.3 is 24.6 Å². The molecule has 1 aliphatic heterocycles. The number of piperazine rings is 1. The smallest absolute Gasteiger partial charge is 0.292 e. The van der Waals surface area contributed by atoms with Gasteiger partial charge in [0.25, 0.3) is 11.6 Å². The zero-order valence-electron chi connectivity index (χ0n) is 20.8. The topological polar surface area (TPSA) is 97.2 Å². The van der Waals surface area contributed by atoms with Gasteiger partial charge in [0.1, 0.15) is 5.69 Å². The highest BCUT2D eigenvalue weighted by molar-refractivity contribution is 9.10. The lowest BCUT2D eigenvalue weighted by molar-refractivity contribution is -0.383. The van der Waals surface area contributed by atoms with Crippen molar-refractivity contribution in [2.24, 2.45) is 0 Å². The molecule has 1 saturated heterocycles. The van der Waals surface area contributed by atoms with Gasteiger partial charge in [0.2, 0.25) is 0 Å². The fourth-order valence-electron chi connectivity index (χ4n) is 4.37. The molecule has 37 heavy (non-hydrogen) atoms. The maximum atomic E-state index is 12.9. The van der Waals surface area contributed by atoms with E-state index >= 15 is 0 Å². The minimum Gasteiger partial charge on any atom is -0.493 e. The molecule has 1 fully saturated rings. The first kappa shape index (κ1) is 26.3. The highest BCUT2D eigenvalue weighted by Gasteiger charge is 2.24. The predicted octanol–water partition coefficient (Wildman–Crippen LogP) is 4.99. The van der Waals surface area contributed by atoms with Crippen molar-refractivity contribution in [1.82, 2.24) is 4.90 Å². The van der Waals surface area contributed by atoms with Gasteiger partial charge in [-0.2, -0.15) is 0 Å². The van der Waals surface area contributed by atoms with Gasteiger partial charge in [-0.3, -0.25) is 14.9 Å². The maximum Gasteiger partial charge on any atom is 0.292 e. The van der Waals surface area contributed by atoms with E-state index in [1.807, 2.05) is 53.4 Å². The van der Waals surface area contributed by atoms with E-state index in [1.165, 1.54) is 6.07 Å². The Kier molecular flexibility index (Phi) is 8.50. The number of nitro benzene ring substituents is 1. The summed E-state index contributed by atoms with van der Waals surface area (Å²) in [5.74, 6) is 1.30. The molecule has 194 valence electrons. The minimum absolute atomic E-state index is 0.00201. The zero-order chi connectivity index (χ0) is 26.4. The second kappa shape index (κ2) is 12.0. The van der Waals surface area contributed by atoms with E-state index in [9.17, 15) is 14.9 Å². The van der Waals surface area contributed by atoms with Crippen LogP contribution in [0.2, 0.25) is 0 Å². The summed E-state index contributed by atoms with van der Waals surface area (Å²) in [6.07, 6.45) is 0.651. The molecule has 0 aliphatic carbocycles. The maximum absolute atomic E-state index is 12.9. The van der Waals surface area contributed by atoms with Crippen molar-refractivity contribution in [1.29, 1.82) is 0 Å². The summed E-state index contributed by atoms with van der Waals surface area (Å²) in [4.78, 5) is 28.1. The largest absolute Gasteiger partial charge is 0.493 e. The van der Waals surface area contributed by atoms with Crippen LogP contribution in [0.25, 0.3) is 0 Å². The summed E-state index contributed by atoms with van der Waals surface area (Å²) >= 11 is 3.42. The number of anilines is 2. The molecule has 0 aromatic heterocycles. The number of benzene rings is 3. The van der Waals surface area contributed by atoms with Gasteiger partial charge in [-0.05, 0) is 54.4 Å². The summed E-state index contributed by atoms with van der Waals surface area (Å²) in [6.45, 7) is 2.94. The first-order chi connectivity index (χ1) is 17.9. The molecule has 1 amide bonds. The van der Waals surface area contributed by atoms with Gasteiger partial charge >= 0.3 is 0 Å². The molecule has 9 nitrogen and oxygen atoms in total. The van der Waals surface area contributed by atoms with Gasteiger partial charge in [-0.15, -0.1) is 0 Å². The van der Waals surface area contributed by atoms with Crippen LogP contribution in [0.3, 0.4) is 0 Å². The third kappa shape index (κ3) is 6.32. The first-order valence-electron chi connectivity index (χ1n) is 11.9. The van der Waals surface area contributed by atoms with E-state index in [4.69, 9.17) is 9.47 Å². The highest BCUT2D eigenvalue weighted by Crippen LogP contribution is 2.31. The molecule has 10 heteroatoms. The molecule has 0 bridgehead atoms. The SMILES string of the molecule is COc1ccc(CCNc2cc(N3CCN(C(=O)c4cccc(Br)c4)CC3)ccc2[N+](=O)[O-])cc1OC. The summed E-state index contributed by atoms with van der Waals surface area (Å²) in [5, 5.41) is 14.9. The molecule has 0 unspecified atom stereocenters. The Labute approximate surface area is 224 Å². The molecular weight excluding hydrogens is 540 g/mol. The highest BCUT2D eigenvalue weighted by atomic mass is 79.9. The van der Waals surface area contributed by atoms with Crippen molar-refractivity contribution in [3.8, 4) is 11.5 Å². The average molecular weight is 569 g/mol. The number of amides is 1. The number of methoxy groups -OCH3 is 2. The normalized spacial score (nSPS) is 13.3. The molecule has 3 aromatic rings. The van der Waals surface area contributed by atoms with Crippen molar-refractivity contribution in [3.63, 3.8) is 0 Å². The standard InChI is InChI=1S/C27H29BrN4O5/c1-36-25-9-6-19(16-26(25)37-2)10-11-29-23-18-22(7-8-24(23)32(34)35)30-12-14-31(15-13-30)27(33)20-4-3-5-21(28)17-20/h3-9,16-18,29H,10-15H2,1-2H3. The number of carbonyl (C=O) groups excluding carboxylic acids is 1. The van der Waals surface area contributed by atoms with E-state index in [2.05, 4.69) is 26.1 Å². The number of nitrogens with one attached hydrogen (secondary N) is 1. The van der Waals surface area contributed by atoms with Gasteiger partial charge in [0.05, 0.1) is 19.1 Å². The van der Waals surface area contributed by atoms with Crippen LogP contribution in [-0.2, 0) is 6.42 Å². The summed E-state index contributed by atoms with van der Waals surface area (Å²) < 4.78 is 11.5. The van der Waals surface area contributed by atoms with Crippen LogP contribution < -0.4 is 19.7 Å². The molecule has 0 spiro atoms. The molecule has 4 rings (SSSR count). The van der Waals surface area contributed by atoms with E-state index in [1.54, 1.807) is 20.3 Å². The molecular formula is C27H29BrN4O5. The third-order valence-corrected chi connectivity index (χ3v) is 6.85. The number of ether oxygens (including phenoxy) is 2.